The number of nitrogens with zero attached hydrogens (tertiary/aromatic N) is 1. The van der Waals surface area contributed by atoms with Crippen LogP contribution in [0.2, 0.25) is 0 Å². The van der Waals surface area contributed by atoms with Crippen molar-refractivity contribution in [2.45, 2.75) is 11.8 Å². The van der Waals surface area contributed by atoms with Crippen LogP contribution in [0, 0.1) is 10.1 Å². The van der Waals surface area contributed by atoms with Crippen LogP contribution in [0.15, 0.2) is 77.7 Å². The van der Waals surface area contributed by atoms with Crippen molar-refractivity contribution in [3.05, 3.63) is 88.5 Å². The van der Waals surface area contributed by atoms with E-state index in [0.717, 1.165) is 0 Å². The maximum atomic E-state index is 13.0. The predicted octanol–water partition coefficient (Wildman–Crippen LogP) is 4.45. The Morgan fingerprint density at radius 3 is 2.29 bits per heavy atom. The minimum atomic E-state index is -4.05. The number of carbonyl (C=O) groups excluding carboxylic acids is 1. The van der Waals surface area contributed by atoms with Gasteiger partial charge in [0.1, 0.15) is 16.4 Å². The number of methoxy groups -OCH3 is 1. The molecule has 35 heavy (non-hydrogen) atoms. The molecule has 10 nitrogen and oxygen atoms in total. The highest BCUT2D eigenvalue weighted by atomic mass is 32.2. The highest BCUT2D eigenvalue weighted by molar-refractivity contribution is 7.92. The van der Waals surface area contributed by atoms with Crippen LogP contribution in [0.4, 0.5) is 17.1 Å². The van der Waals surface area contributed by atoms with Crippen molar-refractivity contribution < 1.29 is 27.6 Å². The Bertz CT molecular complexity index is 1340. The number of nitro benzene ring substituents is 1. The van der Waals surface area contributed by atoms with Gasteiger partial charge in [0.15, 0.2) is 0 Å². The van der Waals surface area contributed by atoms with E-state index >= 15 is 0 Å². The van der Waals surface area contributed by atoms with Gasteiger partial charge in [-0.2, -0.15) is 0 Å². The predicted molar refractivity (Wildman–Crippen MR) is 132 cm³/mol. The second-order valence-corrected chi connectivity index (χ2v) is 8.75. The third-order valence-electron chi connectivity index (χ3n) is 4.67. The van der Waals surface area contributed by atoms with Crippen LogP contribution in [0.3, 0.4) is 0 Å². The topological polar surface area (TPSA) is 137 Å². The van der Waals surface area contributed by atoms with E-state index in [9.17, 15) is 23.3 Å². The minimum absolute atomic E-state index is 0.0579. The smallest absolute Gasteiger partial charge is 0.269 e. The van der Waals surface area contributed by atoms with E-state index in [4.69, 9.17) is 9.47 Å². The lowest BCUT2D eigenvalue weighted by molar-refractivity contribution is -0.384. The fraction of sp³-hybridized carbons (Fsp3) is 0.125. The van der Waals surface area contributed by atoms with Crippen molar-refractivity contribution in [3.8, 4) is 11.5 Å². The lowest BCUT2D eigenvalue weighted by Crippen LogP contribution is -2.15. The van der Waals surface area contributed by atoms with Crippen LogP contribution in [0.25, 0.3) is 6.08 Å². The number of ether oxygens (including phenoxy) is 2. The molecule has 0 aliphatic rings. The number of non-ortho nitro benzene ring substituents is 1. The normalized spacial score (nSPS) is 11.1. The van der Waals surface area contributed by atoms with Gasteiger partial charge in [0.2, 0.25) is 5.91 Å². The van der Waals surface area contributed by atoms with E-state index in [-0.39, 0.29) is 22.0 Å². The number of hydrogen-bond acceptors (Lipinski definition) is 7. The van der Waals surface area contributed by atoms with Crippen molar-refractivity contribution in [2.24, 2.45) is 0 Å². The number of carbonyl (C=O) groups is 1. The zero-order chi connectivity index (χ0) is 25.4. The summed E-state index contributed by atoms with van der Waals surface area (Å²) in [7, 11) is -2.70. The summed E-state index contributed by atoms with van der Waals surface area (Å²) in [5.74, 6) is 0.193. The molecule has 0 saturated carbocycles. The van der Waals surface area contributed by atoms with Gasteiger partial charge in [-0.3, -0.25) is 19.6 Å². The number of sulfonamides is 1. The maximum Gasteiger partial charge on any atom is 0.269 e. The molecule has 3 aromatic rings. The molecule has 1 amide bonds. The van der Waals surface area contributed by atoms with Gasteiger partial charge >= 0.3 is 0 Å². The molecule has 0 saturated heterocycles. The number of nitrogens with one attached hydrogen (secondary N) is 2. The summed E-state index contributed by atoms with van der Waals surface area (Å²) in [5, 5.41) is 13.3. The highest BCUT2D eigenvalue weighted by Gasteiger charge is 2.21. The molecule has 11 heteroatoms. The van der Waals surface area contributed by atoms with E-state index in [1.807, 2.05) is 6.92 Å². The molecular formula is C24H23N3O7S. The zero-order valence-corrected chi connectivity index (χ0v) is 19.7. The molecule has 0 aromatic heterocycles. The zero-order valence-electron chi connectivity index (χ0n) is 18.9. The average molecular weight is 498 g/mol. The van der Waals surface area contributed by atoms with Gasteiger partial charge in [-0.1, -0.05) is 0 Å². The van der Waals surface area contributed by atoms with Crippen molar-refractivity contribution in [2.75, 3.05) is 23.8 Å². The van der Waals surface area contributed by atoms with Crippen LogP contribution in [0.1, 0.15) is 12.5 Å². The summed E-state index contributed by atoms with van der Waals surface area (Å²) in [5.41, 5.74) is 1.09. The number of hydrogen-bond donors (Lipinski definition) is 2. The van der Waals surface area contributed by atoms with Gasteiger partial charge in [0.05, 0.1) is 18.6 Å². The largest absolute Gasteiger partial charge is 0.495 e. The van der Waals surface area contributed by atoms with Crippen molar-refractivity contribution in [1.82, 2.24) is 0 Å². The van der Waals surface area contributed by atoms with Crippen LogP contribution in [-0.4, -0.2) is 33.0 Å². The fourth-order valence-corrected chi connectivity index (χ4v) is 4.28. The molecule has 0 unspecified atom stereocenters. The standard InChI is InChI=1S/C24H23N3O7S/c1-3-34-21-12-7-18(8-13-21)26-35(31,32)23-16-19(9-14-22(23)33-2)25-24(28)15-6-17-4-10-20(11-5-17)27(29)30/h4-16,26H,3H2,1-2H3,(H,25,28)/b15-6+. The molecule has 0 spiro atoms. The van der Waals surface area contributed by atoms with Gasteiger partial charge in [0.25, 0.3) is 15.7 Å². The molecule has 0 heterocycles. The second-order valence-electron chi connectivity index (χ2n) is 7.10. The Kier molecular flexibility index (Phi) is 8.05. The SMILES string of the molecule is CCOc1ccc(NS(=O)(=O)c2cc(NC(=O)/C=C/c3ccc([N+](=O)[O-])cc3)ccc2OC)cc1. The van der Waals surface area contributed by atoms with Crippen molar-refractivity contribution >= 4 is 39.1 Å². The Morgan fingerprint density at radius 1 is 1.03 bits per heavy atom. The average Bonchev–Trinajstić information content (AvgIpc) is 2.84. The van der Waals surface area contributed by atoms with E-state index in [1.165, 1.54) is 61.7 Å². The number of nitro groups is 1. The Hall–Kier alpha value is -4.38. The highest BCUT2D eigenvalue weighted by Crippen LogP contribution is 2.29. The first kappa shape index (κ1) is 25.2. The van der Waals surface area contributed by atoms with Crippen molar-refractivity contribution in [1.29, 1.82) is 0 Å². The third kappa shape index (κ3) is 6.81. The summed E-state index contributed by atoms with van der Waals surface area (Å²) in [6.45, 7) is 2.34. The molecular weight excluding hydrogens is 474 g/mol. The minimum Gasteiger partial charge on any atom is -0.495 e. The Morgan fingerprint density at radius 2 is 1.69 bits per heavy atom. The number of rotatable bonds is 10. The summed E-state index contributed by atoms with van der Waals surface area (Å²) < 4.78 is 39.1. The summed E-state index contributed by atoms with van der Waals surface area (Å²) in [6.07, 6.45) is 2.71. The number of amides is 1. The third-order valence-corrected chi connectivity index (χ3v) is 6.07. The van der Waals surface area contributed by atoms with Crippen molar-refractivity contribution in [3.63, 3.8) is 0 Å². The molecule has 0 radical (unpaired) electrons. The summed E-state index contributed by atoms with van der Waals surface area (Å²) >= 11 is 0. The van der Waals surface area contributed by atoms with Gasteiger partial charge in [-0.25, -0.2) is 8.42 Å². The lowest BCUT2D eigenvalue weighted by Gasteiger charge is -2.14. The van der Waals surface area contributed by atoms with Crippen LogP contribution in [-0.2, 0) is 14.8 Å². The van der Waals surface area contributed by atoms with Crippen LogP contribution >= 0.6 is 0 Å². The van der Waals surface area contributed by atoms with Crippen LogP contribution in [0.5, 0.6) is 11.5 Å². The Balaban J connectivity index is 1.75. The van der Waals surface area contributed by atoms with Gasteiger partial charge in [0, 0.05) is 29.6 Å². The van der Waals surface area contributed by atoms with E-state index in [0.29, 0.717) is 23.6 Å². The fourth-order valence-electron chi connectivity index (χ4n) is 3.02. The van der Waals surface area contributed by atoms with Crippen LogP contribution < -0.4 is 19.5 Å². The molecule has 0 atom stereocenters. The monoisotopic (exact) mass is 497 g/mol. The maximum absolute atomic E-state index is 13.0. The summed E-state index contributed by atoms with van der Waals surface area (Å²) in [6, 6.07) is 16.3. The van der Waals surface area contributed by atoms with Gasteiger partial charge in [-0.05, 0) is 73.2 Å². The molecule has 0 aliphatic carbocycles. The molecule has 3 rings (SSSR count). The summed E-state index contributed by atoms with van der Waals surface area (Å²) in [4.78, 5) is 22.4. The second kappa shape index (κ2) is 11.2. The van der Waals surface area contributed by atoms with Gasteiger partial charge in [-0.15, -0.1) is 0 Å². The molecule has 0 bridgehead atoms. The first-order valence-electron chi connectivity index (χ1n) is 10.4. The molecule has 3 aromatic carbocycles. The number of anilines is 2. The first-order valence-corrected chi connectivity index (χ1v) is 11.9. The van der Waals surface area contributed by atoms with E-state index in [1.54, 1.807) is 24.3 Å². The van der Waals surface area contributed by atoms with Gasteiger partial charge < -0.3 is 14.8 Å². The molecule has 182 valence electrons. The van der Waals surface area contributed by atoms with E-state index in [2.05, 4.69) is 10.0 Å². The molecule has 0 fully saturated rings. The first-order chi connectivity index (χ1) is 16.7. The quantitative estimate of drug-likeness (QED) is 0.240. The number of benzene rings is 3. The molecule has 2 N–H and O–H groups in total. The molecule has 0 aliphatic heterocycles. The lowest BCUT2D eigenvalue weighted by atomic mass is 10.2. The Labute approximate surface area is 202 Å². The van der Waals surface area contributed by atoms with E-state index < -0.39 is 20.9 Å².